The van der Waals surface area contributed by atoms with Gasteiger partial charge in [-0.05, 0) is 42.5 Å². The SMILES string of the molecule is CCNC(CC1CCCCC1)c1ccncc1CC. The third-order valence-electron chi connectivity index (χ3n) is 4.44. The molecule has 106 valence electrons. The highest BCUT2D eigenvalue weighted by Crippen LogP contribution is 2.32. The maximum absolute atomic E-state index is 4.28. The van der Waals surface area contributed by atoms with Crippen LogP contribution in [0.5, 0.6) is 0 Å². The van der Waals surface area contributed by atoms with Crippen LogP contribution in [0.1, 0.15) is 69.5 Å². The van der Waals surface area contributed by atoms with Crippen molar-refractivity contribution in [1.82, 2.24) is 10.3 Å². The van der Waals surface area contributed by atoms with Crippen LogP contribution in [0.4, 0.5) is 0 Å². The molecule has 1 heterocycles. The smallest absolute Gasteiger partial charge is 0.0326 e. The van der Waals surface area contributed by atoms with Crippen LogP contribution in [0.25, 0.3) is 0 Å². The van der Waals surface area contributed by atoms with Gasteiger partial charge in [0, 0.05) is 18.4 Å². The average Bonchev–Trinajstić information content (AvgIpc) is 2.48. The summed E-state index contributed by atoms with van der Waals surface area (Å²) in [6, 6.07) is 2.74. The summed E-state index contributed by atoms with van der Waals surface area (Å²) in [7, 11) is 0. The Morgan fingerprint density at radius 1 is 1.26 bits per heavy atom. The number of pyridine rings is 1. The predicted molar refractivity (Wildman–Crippen MR) is 81.2 cm³/mol. The molecular formula is C17H28N2. The second-order valence-corrected chi connectivity index (χ2v) is 5.78. The molecule has 0 aliphatic heterocycles. The van der Waals surface area contributed by atoms with Crippen LogP contribution in [0.15, 0.2) is 18.5 Å². The maximum Gasteiger partial charge on any atom is 0.0326 e. The Morgan fingerprint density at radius 2 is 2.05 bits per heavy atom. The highest BCUT2D eigenvalue weighted by Gasteiger charge is 2.21. The number of nitrogens with one attached hydrogen (secondary N) is 1. The largest absolute Gasteiger partial charge is 0.310 e. The van der Waals surface area contributed by atoms with Gasteiger partial charge in [-0.2, -0.15) is 0 Å². The molecule has 2 rings (SSSR count). The van der Waals surface area contributed by atoms with Crippen LogP contribution >= 0.6 is 0 Å². The van der Waals surface area contributed by atoms with Crippen LogP contribution in [0, 0.1) is 5.92 Å². The molecule has 1 unspecified atom stereocenters. The molecule has 1 atom stereocenters. The molecule has 1 saturated carbocycles. The van der Waals surface area contributed by atoms with Gasteiger partial charge in [-0.15, -0.1) is 0 Å². The van der Waals surface area contributed by atoms with Crippen molar-refractivity contribution < 1.29 is 0 Å². The third kappa shape index (κ3) is 4.04. The molecule has 2 nitrogen and oxygen atoms in total. The molecule has 1 aliphatic carbocycles. The topological polar surface area (TPSA) is 24.9 Å². The zero-order valence-electron chi connectivity index (χ0n) is 12.5. The van der Waals surface area contributed by atoms with Crippen LogP contribution in [0.2, 0.25) is 0 Å². The normalized spacial score (nSPS) is 18.4. The summed E-state index contributed by atoms with van der Waals surface area (Å²) in [6.45, 7) is 5.48. The lowest BCUT2D eigenvalue weighted by Gasteiger charge is -2.28. The fourth-order valence-electron chi connectivity index (χ4n) is 3.40. The second-order valence-electron chi connectivity index (χ2n) is 5.78. The fraction of sp³-hybridized carbons (Fsp3) is 0.706. The van der Waals surface area contributed by atoms with Gasteiger partial charge >= 0.3 is 0 Å². The van der Waals surface area contributed by atoms with Crippen LogP contribution in [-0.4, -0.2) is 11.5 Å². The summed E-state index contributed by atoms with van der Waals surface area (Å²) in [5.74, 6) is 0.913. The van der Waals surface area contributed by atoms with Gasteiger partial charge < -0.3 is 5.32 Å². The number of rotatable bonds is 6. The molecule has 2 heteroatoms. The molecule has 19 heavy (non-hydrogen) atoms. The highest BCUT2D eigenvalue weighted by molar-refractivity contribution is 5.26. The molecule has 0 radical (unpaired) electrons. The van der Waals surface area contributed by atoms with Crippen molar-refractivity contribution in [2.24, 2.45) is 5.92 Å². The molecule has 1 aliphatic rings. The molecular weight excluding hydrogens is 232 g/mol. The lowest BCUT2D eigenvalue weighted by atomic mass is 9.82. The van der Waals surface area contributed by atoms with Crippen LogP contribution in [0.3, 0.4) is 0 Å². The first-order valence-corrected chi connectivity index (χ1v) is 8.01. The van der Waals surface area contributed by atoms with E-state index in [0.29, 0.717) is 6.04 Å². The minimum absolute atomic E-state index is 0.519. The van der Waals surface area contributed by atoms with Gasteiger partial charge in [-0.1, -0.05) is 46.0 Å². The third-order valence-corrected chi connectivity index (χ3v) is 4.44. The van der Waals surface area contributed by atoms with Crippen LogP contribution in [-0.2, 0) is 6.42 Å². The van der Waals surface area contributed by atoms with Gasteiger partial charge in [0.2, 0.25) is 0 Å². The minimum Gasteiger partial charge on any atom is -0.310 e. The van der Waals surface area contributed by atoms with Crippen molar-refractivity contribution in [3.05, 3.63) is 29.6 Å². The van der Waals surface area contributed by atoms with Gasteiger partial charge in [0.15, 0.2) is 0 Å². The molecule has 1 N–H and O–H groups in total. The monoisotopic (exact) mass is 260 g/mol. The lowest BCUT2D eigenvalue weighted by molar-refractivity contribution is 0.301. The average molecular weight is 260 g/mol. The summed E-state index contributed by atoms with van der Waals surface area (Å²) < 4.78 is 0. The van der Waals surface area contributed by atoms with Crippen molar-refractivity contribution in [1.29, 1.82) is 0 Å². The number of hydrogen-bond acceptors (Lipinski definition) is 2. The van der Waals surface area contributed by atoms with Gasteiger partial charge in [0.05, 0.1) is 0 Å². The zero-order valence-corrected chi connectivity index (χ0v) is 12.5. The molecule has 1 aromatic heterocycles. The summed E-state index contributed by atoms with van der Waals surface area (Å²) in [5, 5.41) is 3.69. The van der Waals surface area contributed by atoms with Gasteiger partial charge in [0.25, 0.3) is 0 Å². The summed E-state index contributed by atoms with van der Waals surface area (Å²) in [5.41, 5.74) is 2.88. The molecule has 0 spiro atoms. The van der Waals surface area contributed by atoms with E-state index in [2.05, 4.69) is 30.2 Å². The molecule has 0 saturated heterocycles. The molecule has 1 aromatic rings. The van der Waals surface area contributed by atoms with E-state index in [0.717, 1.165) is 18.9 Å². The first-order valence-electron chi connectivity index (χ1n) is 8.01. The van der Waals surface area contributed by atoms with Crippen molar-refractivity contribution in [2.45, 2.75) is 64.8 Å². The van der Waals surface area contributed by atoms with E-state index in [1.165, 1.54) is 49.7 Å². The number of hydrogen-bond donors (Lipinski definition) is 1. The maximum atomic E-state index is 4.28. The Hall–Kier alpha value is -0.890. The zero-order chi connectivity index (χ0) is 13.5. The standard InChI is InChI=1S/C17H28N2/c1-3-15-13-18-11-10-16(15)17(19-4-2)12-14-8-6-5-7-9-14/h10-11,13-14,17,19H,3-9,12H2,1-2H3. The van der Waals surface area contributed by atoms with E-state index in [1.54, 1.807) is 0 Å². The number of aryl methyl sites for hydroxylation is 1. The quantitative estimate of drug-likeness (QED) is 0.826. The molecule has 0 amide bonds. The Morgan fingerprint density at radius 3 is 2.74 bits per heavy atom. The summed E-state index contributed by atoms with van der Waals surface area (Å²) >= 11 is 0. The molecule has 1 fully saturated rings. The highest BCUT2D eigenvalue weighted by atomic mass is 14.9. The number of aromatic nitrogens is 1. The van der Waals surface area contributed by atoms with E-state index in [1.807, 2.05) is 12.4 Å². The first-order chi connectivity index (χ1) is 9.35. The summed E-state index contributed by atoms with van der Waals surface area (Å²) in [6.07, 6.45) is 13.5. The van der Waals surface area contributed by atoms with E-state index in [9.17, 15) is 0 Å². The first kappa shape index (κ1) is 14.5. The molecule has 0 aromatic carbocycles. The molecule has 0 bridgehead atoms. The van der Waals surface area contributed by atoms with Crippen molar-refractivity contribution in [3.8, 4) is 0 Å². The Labute approximate surface area is 118 Å². The second kappa shape index (κ2) is 7.64. The summed E-state index contributed by atoms with van der Waals surface area (Å²) in [4.78, 5) is 4.28. The van der Waals surface area contributed by atoms with Crippen molar-refractivity contribution in [3.63, 3.8) is 0 Å². The van der Waals surface area contributed by atoms with Gasteiger partial charge in [-0.3, -0.25) is 4.98 Å². The van der Waals surface area contributed by atoms with E-state index >= 15 is 0 Å². The minimum atomic E-state index is 0.519. The Bertz CT molecular complexity index is 369. The van der Waals surface area contributed by atoms with Crippen molar-refractivity contribution in [2.75, 3.05) is 6.54 Å². The Kier molecular flexibility index (Phi) is 5.84. The van der Waals surface area contributed by atoms with Crippen molar-refractivity contribution >= 4 is 0 Å². The van der Waals surface area contributed by atoms with Gasteiger partial charge in [-0.25, -0.2) is 0 Å². The Balaban J connectivity index is 2.09. The van der Waals surface area contributed by atoms with E-state index in [4.69, 9.17) is 0 Å². The van der Waals surface area contributed by atoms with E-state index in [-0.39, 0.29) is 0 Å². The van der Waals surface area contributed by atoms with E-state index < -0.39 is 0 Å². The predicted octanol–water partition coefficient (Wildman–Crippen LogP) is 4.27. The lowest BCUT2D eigenvalue weighted by Crippen LogP contribution is -2.25. The fourth-order valence-corrected chi connectivity index (χ4v) is 3.40. The van der Waals surface area contributed by atoms with Crippen LogP contribution < -0.4 is 5.32 Å². The van der Waals surface area contributed by atoms with Gasteiger partial charge in [0.1, 0.15) is 0 Å². The number of nitrogens with zero attached hydrogens (tertiary/aromatic N) is 1.